The Kier molecular flexibility index (Phi) is 9.35. The van der Waals surface area contributed by atoms with E-state index in [-0.39, 0.29) is 23.1 Å². The summed E-state index contributed by atoms with van der Waals surface area (Å²) in [5.41, 5.74) is 6.27. The van der Waals surface area contributed by atoms with E-state index in [1.165, 1.54) is 51.6 Å². The van der Waals surface area contributed by atoms with Crippen LogP contribution in [0.2, 0.25) is 0 Å². The molecule has 4 N–H and O–H groups in total. The maximum absolute atomic E-state index is 13.7. The van der Waals surface area contributed by atoms with Gasteiger partial charge < -0.3 is 20.9 Å². The zero-order valence-electron chi connectivity index (χ0n) is 19.9. The molecule has 10 heteroatoms. The van der Waals surface area contributed by atoms with Gasteiger partial charge in [0.15, 0.2) is 11.6 Å². The Morgan fingerprint density at radius 1 is 1.11 bits per heavy atom. The molecule has 0 unspecified atom stereocenters. The molecular weight excluding hydrogens is 452 g/mol. The molecule has 35 heavy (non-hydrogen) atoms. The van der Waals surface area contributed by atoms with E-state index in [0.29, 0.717) is 16.6 Å². The lowest BCUT2D eigenvalue weighted by atomic mass is 10.0. The maximum Gasteiger partial charge on any atom is 0.314 e. The number of likely N-dealkylation sites (tertiary alicyclic amines) is 1. The van der Waals surface area contributed by atoms with Gasteiger partial charge in [0.1, 0.15) is 17.5 Å². The van der Waals surface area contributed by atoms with E-state index in [4.69, 9.17) is 11.0 Å². The summed E-state index contributed by atoms with van der Waals surface area (Å²) in [6.07, 6.45) is 13.9. The Hall–Kier alpha value is -3.74. The van der Waals surface area contributed by atoms with Crippen LogP contribution in [-0.4, -0.2) is 46.0 Å². The molecule has 1 aliphatic heterocycles. The number of amides is 2. The minimum Gasteiger partial charge on any atom is -0.371 e. The Bertz CT molecular complexity index is 1170. The van der Waals surface area contributed by atoms with Crippen molar-refractivity contribution in [1.29, 1.82) is 5.26 Å². The van der Waals surface area contributed by atoms with Crippen LogP contribution in [0, 0.1) is 23.0 Å². The number of nitriles is 1. The second kappa shape index (κ2) is 12.6. The van der Waals surface area contributed by atoms with Crippen LogP contribution in [0.1, 0.15) is 56.9 Å². The van der Waals surface area contributed by atoms with Crippen LogP contribution in [0.5, 0.6) is 0 Å². The number of halogens is 2. The SMILES string of the molecule is C1CCCCC1.CNc1nc(-c2c[nH]c3ncc(F)cc23)c(C#N)cc1F.NC(=O)N1CCCC1. The lowest BCUT2D eigenvalue weighted by Gasteiger charge is -2.09. The first-order chi connectivity index (χ1) is 16.9. The van der Waals surface area contributed by atoms with Gasteiger partial charge in [-0.2, -0.15) is 5.26 Å². The van der Waals surface area contributed by atoms with Crippen molar-refractivity contribution >= 4 is 22.9 Å². The molecule has 3 aromatic rings. The van der Waals surface area contributed by atoms with E-state index in [9.17, 15) is 13.6 Å². The number of anilines is 1. The molecule has 5 rings (SSSR count). The summed E-state index contributed by atoms with van der Waals surface area (Å²) >= 11 is 0. The summed E-state index contributed by atoms with van der Waals surface area (Å²) in [7, 11) is 1.53. The number of fused-ring (bicyclic) bond motifs is 1. The van der Waals surface area contributed by atoms with Crippen LogP contribution < -0.4 is 11.1 Å². The molecule has 4 heterocycles. The number of rotatable bonds is 2. The number of urea groups is 1. The van der Waals surface area contributed by atoms with Crippen molar-refractivity contribution in [3.8, 4) is 17.3 Å². The van der Waals surface area contributed by atoms with Crippen molar-refractivity contribution < 1.29 is 13.6 Å². The van der Waals surface area contributed by atoms with Gasteiger partial charge in [0.05, 0.1) is 17.5 Å². The predicted octanol–water partition coefficient (Wildman–Crippen LogP) is 5.32. The summed E-state index contributed by atoms with van der Waals surface area (Å²) in [6, 6.07) is 4.01. The molecule has 3 aromatic heterocycles. The first kappa shape index (κ1) is 25.9. The number of nitrogens with one attached hydrogen (secondary N) is 2. The van der Waals surface area contributed by atoms with Crippen LogP contribution >= 0.6 is 0 Å². The van der Waals surface area contributed by atoms with Gasteiger partial charge in [-0.25, -0.2) is 23.5 Å². The molecule has 2 fully saturated rings. The molecule has 0 radical (unpaired) electrons. The minimum absolute atomic E-state index is 0.0164. The number of carbonyl (C=O) groups is 1. The van der Waals surface area contributed by atoms with Crippen LogP contribution in [-0.2, 0) is 0 Å². The van der Waals surface area contributed by atoms with Gasteiger partial charge in [0.2, 0.25) is 0 Å². The summed E-state index contributed by atoms with van der Waals surface area (Å²) in [6.45, 7) is 1.71. The third kappa shape index (κ3) is 6.88. The highest BCUT2D eigenvalue weighted by molar-refractivity contribution is 5.94. The van der Waals surface area contributed by atoms with E-state index in [1.54, 1.807) is 11.1 Å². The molecule has 1 saturated heterocycles. The van der Waals surface area contributed by atoms with E-state index in [2.05, 4.69) is 20.3 Å². The quantitative estimate of drug-likeness (QED) is 0.455. The second-order valence-corrected chi connectivity index (χ2v) is 8.48. The molecule has 2 aliphatic rings. The van der Waals surface area contributed by atoms with Gasteiger partial charge >= 0.3 is 6.03 Å². The summed E-state index contributed by atoms with van der Waals surface area (Å²) in [5, 5.41) is 12.2. The number of nitrogens with two attached hydrogens (primary N) is 1. The average molecular weight is 484 g/mol. The Morgan fingerprint density at radius 2 is 1.74 bits per heavy atom. The van der Waals surface area contributed by atoms with E-state index >= 15 is 0 Å². The smallest absolute Gasteiger partial charge is 0.314 e. The number of pyridine rings is 2. The van der Waals surface area contributed by atoms with Crippen LogP contribution in [0.3, 0.4) is 0 Å². The van der Waals surface area contributed by atoms with Gasteiger partial charge in [-0.05, 0) is 25.0 Å². The topological polar surface area (TPSA) is 124 Å². The number of primary amides is 1. The van der Waals surface area contributed by atoms with Crippen molar-refractivity contribution in [2.24, 2.45) is 5.73 Å². The van der Waals surface area contributed by atoms with Crippen molar-refractivity contribution in [1.82, 2.24) is 19.9 Å². The molecule has 2 amide bonds. The van der Waals surface area contributed by atoms with Crippen LogP contribution in [0.4, 0.5) is 19.4 Å². The first-order valence-corrected chi connectivity index (χ1v) is 11.9. The molecule has 0 spiro atoms. The lowest BCUT2D eigenvalue weighted by Crippen LogP contribution is -2.32. The minimum atomic E-state index is -0.623. The molecule has 1 aliphatic carbocycles. The van der Waals surface area contributed by atoms with Gasteiger partial charge in [-0.3, -0.25) is 0 Å². The number of hydrogen-bond donors (Lipinski definition) is 3. The standard InChI is InChI=1S/C14H9F2N5.C6H12.C5H10N2O/c1-18-14-11(16)2-7(4-17)12(21-14)10-6-20-13-9(10)3-8(15)5-19-13;1-2-4-6-5-3-1;6-5(8)7-3-1-2-4-7/h2-3,5-6H,1H3,(H,18,21)(H,19,20);1-6H2;1-4H2,(H2,6,8). The number of nitrogens with zero attached hydrogens (tertiary/aromatic N) is 4. The fourth-order valence-corrected chi connectivity index (χ4v) is 4.13. The van der Waals surface area contributed by atoms with Gasteiger partial charge in [0, 0.05) is 37.3 Å². The lowest BCUT2D eigenvalue weighted by molar-refractivity contribution is 0.218. The monoisotopic (exact) mass is 483 g/mol. The van der Waals surface area contributed by atoms with Crippen LogP contribution in [0.25, 0.3) is 22.3 Å². The third-order valence-corrected chi connectivity index (χ3v) is 6.00. The molecular formula is C25H31F2N7O. The number of aromatic amines is 1. The Labute approximate surface area is 203 Å². The molecule has 8 nitrogen and oxygen atoms in total. The first-order valence-electron chi connectivity index (χ1n) is 11.9. The molecule has 1 saturated carbocycles. The zero-order valence-corrected chi connectivity index (χ0v) is 19.9. The highest BCUT2D eigenvalue weighted by atomic mass is 19.1. The second-order valence-electron chi connectivity index (χ2n) is 8.48. The number of carbonyl (C=O) groups excluding carboxylic acids is 1. The van der Waals surface area contributed by atoms with E-state index < -0.39 is 11.6 Å². The fraction of sp³-hybridized carbons (Fsp3) is 0.440. The van der Waals surface area contributed by atoms with Gasteiger partial charge in [-0.15, -0.1) is 0 Å². The zero-order chi connectivity index (χ0) is 25.2. The van der Waals surface area contributed by atoms with Crippen molar-refractivity contribution in [2.45, 2.75) is 51.4 Å². The maximum atomic E-state index is 13.7. The van der Waals surface area contributed by atoms with Gasteiger partial charge in [0.25, 0.3) is 0 Å². The molecule has 0 aromatic carbocycles. The normalized spacial score (nSPS) is 14.9. The van der Waals surface area contributed by atoms with Crippen molar-refractivity contribution in [3.63, 3.8) is 0 Å². The van der Waals surface area contributed by atoms with Crippen molar-refractivity contribution in [3.05, 3.63) is 41.7 Å². The highest BCUT2D eigenvalue weighted by Crippen LogP contribution is 2.31. The Morgan fingerprint density at radius 3 is 2.26 bits per heavy atom. The molecule has 186 valence electrons. The van der Waals surface area contributed by atoms with E-state index in [0.717, 1.165) is 38.2 Å². The van der Waals surface area contributed by atoms with Crippen LogP contribution in [0.15, 0.2) is 24.5 Å². The van der Waals surface area contributed by atoms with Crippen molar-refractivity contribution in [2.75, 3.05) is 25.5 Å². The summed E-state index contributed by atoms with van der Waals surface area (Å²) < 4.78 is 27.0. The third-order valence-electron chi connectivity index (χ3n) is 6.00. The molecule has 0 atom stereocenters. The summed E-state index contributed by atoms with van der Waals surface area (Å²) in [4.78, 5) is 22.9. The number of aromatic nitrogens is 3. The molecule has 0 bridgehead atoms. The number of H-pyrrole nitrogens is 1. The predicted molar refractivity (Wildman–Crippen MR) is 132 cm³/mol. The van der Waals surface area contributed by atoms with E-state index in [1.807, 2.05) is 6.07 Å². The van der Waals surface area contributed by atoms with Gasteiger partial charge in [-0.1, -0.05) is 38.5 Å². The largest absolute Gasteiger partial charge is 0.371 e. The Balaban J connectivity index is 0.000000199. The highest BCUT2D eigenvalue weighted by Gasteiger charge is 2.17. The average Bonchev–Trinajstić information content (AvgIpc) is 3.56. The fourth-order valence-electron chi connectivity index (χ4n) is 4.13. The summed E-state index contributed by atoms with van der Waals surface area (Å²) in [5.74, 6) is -1.11. The number of hydrogen-bond acceptors (Lipinski definition) is 5.